The molecule has 1 heterocycles. The topological polar surface area (TPSA) is 34.9 Å². The van der Waals surface area contributed by atoms with Crippen molar-refractivity contribution < 1.29 is 0 Å². The normalized spacial score (nSPS) is 10.9. The SMILES string of the molecule is O=c1c2ccccc2nc(CCl)n1-c1ccccc1Cl. The zero-order valence-electron chi connectivity index (χ0n) is 10.4. The van der Waals surface area contributed by atoms with Crippen molar-refractivity contribution in [3.05, 3.63) is 69.7 Å². The molecule has 0 radical (unpaired) electrons. The molecule has 1 aromatic heterocycles. The van der Waals surface area contributed by atoms with Gasteiger partial charge in [-0.15, -0.1) is 11.6 Å². The van der Waals surface area contributed by atoms with Crippen LogP contribution in [0.1, 0.15) is 5.82 Å². The summed E-state index contributed by atoms with van der Waals surface area (Å²) in [6.45, 7) is 0. The number of halogens is 2. The average molecular weight is 305 g/mol. The minimum atomic E-state index is -0.167. The maximum Gasteiger partial charge on any atom is 0.266 e. The molecular weight excluding hydrogens is 295 g/mol. The fourth-order valence-corrected chi connectivity index (χ4v) is 2.55. The van der Waals surface area contributed by atoms with Crippen molar-refractivity contribution in [1.29, 1.82) is 0 Å². The number of fused-ring (bicyclic) bond motifs is 1. The first kappa shape index (κ1) is 13.2. The van der Waals surface area contributed by atoms with E-state index in [1.807, 2.05) is 24.3 Å². The summed E-state index contributed by atoms with van der Waals surface area (Å²) in [4.78, 5) is 17.1. The van der Waals surface area contributed by atoms with E-state index in [1.54, 1.807) is 24.3 Å². The van der Waals surface area contributed by atoms with Crippen LogP contribution in [0.15, 0.2) is 53.3 Å². The Hall–Kier alpha value is -1.84. The summed E-state index contributed by atoms with van der Waals surface area (Å²) in [6.07, 6.45) is 0. The molecule has 100 valence electrons. The molecule has 2 aromatic carbocycles. The fourth-order valence-electron chi connectivity index (χ4n) is 2.15. The Labute approximate surface area is 125 Å². The van der Waals surface area contributed by atoms with Gasteiger partial charge in [-0.05, 0) is 24.3 Å². The van der Waals surface area contributed by atoms with Crippen molar-refractivity contribution in [3.8, 4) is 5.69 Å². The number of hydrogen-bond acceptors (Lipinski definition) is 2. The van der Waals surface area contributed by atoms with E-state index in [1.165, 1.54) is 4.57 Å². The van der Waals surface area contributed by atoms with Gasteiger partial charge in [-0.25, -0.2) is 4.98 Å². The Kier molecular flexibility index (Phi) is 3.47. The second-order valence-corrected chi connectivity index (χ2v) is 4.95. The second kappa shape index (κ2) is 5.27. The van der Waals surface area contributed by atoms with E-state index in [-0.39, 0.29) is 11.4 Å². The molecule has 0 saturated carbocycles. The summed E-state index contributed by atoms with van der Waals surface area (Å²) in [7, 11) is 0. The number of rotatable bonds is 2. The predicted octanol–water partition coefficient (Wildman–Crippen LogP) is 3.78. The molecule has 3 nitrogen and oxygen atoms in total. The number of hydrogen-bond donors (Lipinski definition) is 0. The van der Waals surface area contributed by atoms with Crippen LogP contribution in [0.2, 0.25) is 5.02 Å². The lowest BCUT2D eigenvalue weighted by atomic mass is 10.2. The zero-order valence-corrected chi connectivity index (χ0v) is 11.9. The Morgan fingerprint density at radius 2 is 1.75 bits per heavy atom. The maximum absolute atomic E-state index is 12.7. The maximum atomic E-state index is 12.7. The van der Waals surface area contributed by atoms with Gasteiger partial charge in [0.2, 0.25) is 0 Å². The van der Waals surface area contributed by atoms with Crippen molar-refractivity contribution in [3.63, 3.8) is 0 Å². The van der Waals surface area contributed by atoms with E-state index in [4.69, 9.17) is 23.2 Å². The van der Waals surface area contributed by atoms with Gasteiger partial charge in [-0.2, -0.15) is 0 Å². The Morgan fingerprint density at radius 3 is 2.50 bits per heavy atom. The Balaban J connectivity index is 2.43. The van der Waals surface area contributed by atoms with Gasteiger partial charge in [0.1, 0.15) is 5.82 Å². The highest BCUT2D eigenvalue weighted by molar-refractivity contribution is 6.32. The first-order chi connectivity index (χ1) is 9.72. The molecule has 20 heavy (non-hydrogen) atoms. The lowest BCUT2D eigenvalue weighted by Crippen LogP contribution is -2.23. The van der Waals surface area contributed by atoms with Gasteiger partial charge in [0.15, 0.2) is 0 Å². The van der Waals surface area contributed by atoms with Crippen LogP contribution in [-0.2, 0) is 5.88 Å². The number of benzene rings is 2. The third-order valence-corrected chi connectivity index (χ3v) is 3.62. The van der Waals surface area contributed by atoms with Crippen molar-refractivity contribution in [2.24, 2.45) is 0 Å². The predicted molar refractivity (Wildman–Crippen MR) is 81.9 cm³/mol. The van der Waals surface area contributed by atoms with Crippen LogP contribution in [0, 0.1) is 0 Å². The zero-order chi connectivity index (χ0) is 14.1. The van der Waals surface area contributed by atoms with Gasteiger partial charge in [-0.3, -0.25) is 9.36 Å². The summed E-state index contributed by atoms with van der Waals surface area (Å²) in [5, 5.41) is 1.03. The van der Waals surface area contributed by atoms with Crippen LogP contribution in [0.5, 0.6) is 0 Å². The van der Waals surface area contributed by atoms with E-state index in [9.17, 15) is 4.79 Å². The van der Waals surface area contributed by atoms with Gasteiger partial charge >= 0.3 is 0 Å². The molecule has 0 aliphatic rings. The monoisotopic (exact) mass is 304 g/mol. The van der Waals surface area contributed by atoms with Gasteiger partial charge in [0, 0.05) is 0 Å². The van der Waals surface area contributed by atoms with Crippen LogP contribution >= 0.6 is 23.2 Å². The number of nitrogens with zero attached hydrogens (tertiary/aromatic N) is 2. The van der Waals surface area contributed by atoms with Crippen molar-refractivity contribution in [1.82, 2.24) is 9.55 Å². The summed E-state index contributed by atoms with van der Waals surface area (Å²) in [5.74, 6) is 0.606. The molecule has 0 saturated heterocycles. The molecule has 5 heteroatoms. The highest BCUT2D eigenvalue weighted by Gasteiger charge is 2.13. The highest BCUT2D eigenvalue weighted by Crippen LogP contribution is 2.21. The smallest absolute Gasteiger partial charge is 0.266 e. The van der Waals surface area contributed by atoms with Crippen LogP contribution < -0.4 is 5.56 Å². The van der Waals surface area contributed by atoms with Gasteiger partial charge < -0.3 is 0 Å². The van der Waals surface area contributed by atoms with E-state index in [2.05, 4.69) is 4.98 Å². The first-order valence-corrected chi connectivity index (χ1v) is 6.95. The number of para-hydroxylation sites is 2. The third kappa shape index (κ3) is 2.09. The molecule has 0 N–H and O–H groups in total. The lowest BCUT2D eigenvalue weighted by molar-refractivity contribution is 0.882. The summed E-state index contributed by atoms with van der Waals surface area (Å²) in [5.41, 5.74) is 1.06. The average Bonchev–Trinajstić information content (AvgIpc) is 2.48. The fraction of sp³-hybridized carbons (Fsp3) is 0.0667. The van der Waals surface area contributed by atoms with Crippen molar-refractivity contribution in [2.75, 3.05) is 0 Å². The van der Waals surface area contributed by atoms with Crippen LogP contribution in [0.3, 0.4) is 0 Å². The van der Waals surface area contributed by atoms with E-state index < -0.39 is 0 Å². The minimum Gasteiger partial charge on any atom is -0.268 e. The molecular formula is C15H10Cl2N2O. The summed E-state index contributed by atoms with van der Waals surface area (Å²) >= 11 is 12.1. The van der Waals surface area contributed by atoms with E-state index >= 15 is 0 Å². The van der Waals surface area contributed by atoms with Gasteiger partial charge in [-0.1, -0.05) is 35.9 Å². The standard InChI is InChI=1S/C15H10Cl2N2O/c16-9-14-18-12-7-3-1-5-10(12)15(20)19(14)13-8-4-2-6-11(13)17/h1-8H,9H2. The highest BCUT2D eigenvalue weighted by atomic mass is 35.5. The number of aromatic nitrogens is 2. The Morgan fingerprint density at radius 1 is 1.05 bits per heavy atom. The van der Waals surface area contributed by atoms with Gasteiger partial charge in [0.05, 0.1) is 27.5 Å². The van der Waals surface area contributed by atoms with Crippen LogP contribution in [0.4, 0.5) is 0 Å². The quantitative estimate of drug-likeness (QED) is 0.675. The lowest BCUT2D eigenvalue weighted by Gasteiger charge is -2.13. The van der Waals surface area contributed by atoms with Gasteiger partial charge in [0.25, 0.3) is 5.56 Å². The van der Waals surface area contributed by atoms with Crippen molar-refractivity contribution in [2.45, 2.75) is 5.88 Å². The largest absolute Gasteiger partial charge is 0.268 e. The molecule has 3 aromatic rings. The molecule has 0 aliphatic heterocycles. The van der Waals surface area contributed by atoms with Crippen LogP contribution in [-0.4, -0.2) is 9.55 Å². The molecule has 0 amide bonds. The second-order valence-electron chi connectivity index (χ2n) is 4.27. The molecule has 0 fully saturated rings. The molecule has 0 bridgehead atoms. The molecule has 0 spiro atoms. The summed E-state index contributed by atoms with van der Waals surface area (Å²) < 4.78 is 1.47. The molecule has 3 rings (SSSR count). The third-order valence-electron chi connectivity index (χ3n) is 3.06. The minimum absolute atomic E-state index is 0.130. The van der Waals surface area contributed by atoms with E-state index in [0.717, 1.165) is 0 Å². The first-order valence-electron chi connectivity index (χ1n) is 6.04. The Bertz CT molecular complexity index is 843. The van der Waals surface area contributed by atoms with Crippen LogP contribution in [0.25, 0.3) is 16.6 Å². The molecule has 0 aliphatic carbocycles. The summed E-state index contributed by atoms with van der Waals surface area (Å²) in [6, 6.07) is 14.3. The molecule has 0 atom stereocenters. The number of alkyl halides is 1. The molecule has 0 unspecified atom stereocenters. The van der Waals surface area contributed by atoms with E-state index in [0.29, 0.717) is 27.4 Å². The van der Waals surface area contributed by atoms with Crippen molar-refractivity contribution >= 4 is 34.1 Å².